The van der Waals surface area contributed by atoms with Crippen molar-refractivity contribution in [3.63, 3.8) is 0 Å². The van der Waals surface area contributed by atoms with Crippen molar-refractivity contribution in [3.8, 4) is 11.5 Å². The van der Waals surface area contributed by atoms with Gasteiger partial charge in [0.15, 0.2) is 11.5 Å². The van der Waals surface area contributed by atoms with Crippen molar-refractivity contribution in [1.29, 1.82) is 0 Å². The molecule has 34 heavy (non-hydrogen) atoms. The van der Waals surface area contributed by atoms with E-state index < -0.39 is 0 Å². The van der Waals surface area contributed by atoms with Crippen molar-refractivity contribution in [1.82, 2.24) is 4.90 Å². The molecule has 0 radical (unpaired) electrons. The highest BCUT2D eigenvalue weighted by Gasteiger charge is 2.36. The summed E-state index contributed by atoms with van der Waals surface area (Å²) in [5.74, 6) is 1.15. The maximum absolute atomic E-state index is 13.0. The third-order valence-electron chi connectivity index (χ3n) is 6.17. The predicted molar refractivity (Wildman–Crippen MR) is 137 cm³/mol. The van der Waals surface area contributed by atoms with Crippen molar-refractivity contribution >= 4 is 40.6 Å². The maximum Gasteiger partial charge on any atom is 0.293 e. The van der Waals surface area contributed by atoms with E-state index in [2.05, 4.69) is 0 Å². The van der Waals surface area contributed by atoms with Gasteiger partial charge in [0.1, 0.15) is 6.61 Å². The van der Waals surface area contributed by atoms with Gasteiger partial charge in [0.25, 0.3) is 11.1 Å². The van der Waals surface area contributed by atoms with Crippen LogP contribution >= 0.6 is 23.4 Å². The molecule has 7 heteroatoms. The topological polar surface area (TPSA) is 55.8 Å². The zero-order chi connectivity index (χ0) is 24.1. The van der Waals surface area contributed by atoms with Gasteiger partial charge in [-0.25, -0.2) is 0 Å². The molecule has 1 aliphatic heterocycles. The highest BCUT2D eigenvalue weighted by Crippen LogP contribution is 2.40. The van der Waals surface area contributed by atoms with Crippen molar-refractivity contribution in [2.24, 2.45) is 5.92 Å². The fourth-order valence-corrected chi connectivity index (χ4v) is 5.47. The van der Waals surface area contributed by atoms with E-state index in [4.69, 9.17) is 21.1 Å². The lowest BCUT2D eigenvalue weighted by Gasteiger charge is -2.25. The van der Waals surface area contributed by atoms with Gasteiger partial charge in [-0.05, 0) is 73.7 Å². The van der Waals surface area contributed by atoms with Crippen LogP contribution in [0.1, 0.15) is 55.7 Å². The van der Waals surface area contributed by atoms with Gasteiger partial charge < -0.3 is 9.47 Å². The zero-order valence-electron chi connectivity index (χ0n) is 19.6. The molecule has 1 saturated heterocycles. The SMILES string of the molecule is CCOc1cc(/C=C2/SC(=O)N(CC3CCCCC3)C2=O)cc(Cl)c1OCc1ccc(C)cc1. The number of rotatable bonds is 8. The first-order chi connectivity index (χ1) is 16.4. The number of halogens is 1. The monoisotopic (exact) mass is 499 g/mol. The molecule has 0 aromatic heterocycles. The first-order valence-electron chi connectivity index (χ1n) is 11.8. The molecular formula is C27H30ClNO4S. The van der Waals surface area contributed by atoms with E-state index in [9.17, 15) is 9.59 Å². The molecule has 2 aromatic carbocycles. The molecule has 1 aliphatic carbocycles. The molecular weight excluding hydrogens is 470 g/mol. The van der Waals surface area contributed by atoms with Gasteiger partial charge in [0.05, 0.1) is 16.5 Å². The van der Waals surface area contributed by atoms with Crippen LogP contribution in [0.5, 0.6) is 11.5 Å². The number of ether oxygens (including phenoxy) is 2. The number of nitrogens with zero attached hydrogens (tertiary/aromatic N) is 1. The van der Waals surface area contributed by atoms with E-state index in [-0.39, 0.29) is 11.1 Å². The molecule has 0 unspecified atom stereocenters. The average molecular weight is 500 g/mol. The molecule has 2 fully saturated rings. The number of thioether (sulfide) groups is 1. The van der Waals surface area contributed by atoms with Crippen LogP contribution in [0, 0.1) is 12.8 Å². The maximum atomic E-state index is 13.0. The summed E-state index contributed by atoms with van der Waals surface area (Å²) in [6.07, 6.45) is 7.47. The summed E-state index contributed by atoms with van der Waals surface area (Å²) in [6, 6.07) is 11.6. The normalized spacial score (nSPS) is 18.1. The Kier molecular flexibility index (Phi) is 8.22. The molecule has 0 atom stereocenters. The number of benzene rings is 2. The fraction of sp³-hybridized carbons (Fsp3) is 0.407. The Morgan fingerprint density at radius 2 is 1.82 bits per heavy atom. The van der Waals surface area contributed by atoms with E-state index in [1.165, 1.54) is 29.7 Å². The van der Waals surface area contributed by atoms with Crippen LogP contribution in [0.3, 0.4) is 0 Å². The Hall–Kier alpha value is -2.44. The lowest BCUT2D eigenvalue weighted by atomic mass is 9.89. The lowest BCUT2D eigenvalue weighted by molar-refractivity contribution is -0.123. The van der Waals surface area contributed by atoms with E-state index in [1.54, 1.807) is 18.2 Å². The molecule has 2 aromatic rings. The molecule has 1 heterocycles. The number of carbonyl (C=O) groups is 2. The summed E-state index contributed by atoms with van der Waals surface area (Å²) in [5, 5.41) is 0.196. The molecule has 2 amide bonds. The minimum atomic E-state index is -0.227. The van der Waals surface area contributed by atoms with Gasteiger partial charge >= 0.3 is 0 Å². The molecule has 4 rings (SSSR count). The van der Waals surface area contributed by atoms with E-state index in [1.807, 2.05) is 38.1 Å². The molecule has 0 N–H and O–H groups in total. The molecule has 1 saturated carbocycles. The molecule has 2 aliphatic rings. The van der Waals surface area contributed by atoms with Crippen LogP contribution in [0.2, 0.25) is 5.02 Å². The second-order valence-electron chi connectivity index (χ2n) is 8.83. The second kappa shape index (κ2) is 11.3. The summed E-state index contributed by atoms with van der Waals surface area (Å²) in [5.41, 5.74) is 2.91. The largest absolute Gasteiger partial charge is 0.490 e. The van der Waals surface area contributed by atoms with E-state index >= 15 is 0 Å². The Labute approximate surface area is 210 Å². The van der Waals surface area contributed by atoms with Gasteiger partial charge in [-0.3, -0.25) is 14.5 Å². The minimum Gasteiger partial charge on any atom is -0.490 e. The number of carbonyl (C=O) groups excluding carboxylic acids is 2. The van der Waals surface area contributed by atoms with Gasteiger partial charge in [0.2, 0.25) is 0 Å². The standard InChI is InChI=1S/C27H30ClNO4S/c1-3-32-23-14-21(13-22(28)25(23)33-17-20-11-9-18(2)10-12-20)15-24-26(30)29(27(31)34-24)16-19-7-5-4-6-8-19/h9-15,19H,3-8,16-17H2,1-2H3/b24-15+. The van der Waals surface area contributed by atoms with Crippen LogP contribution in [0.4, 0.5) is 4.79 Å². The minimum absolute atomic E-state index is 0.198. The molecule has 5 nitrogen and oxygen atoms in total. The Morgan fingerprint density at radius 1 is 1.09 bits per heavy atom. The summed E-state index contributed by atoms with van der Waals surface area (Å²) >= 11 is 7.55. The number of amides is 2. The first-order valence-corrected chi connectivity index (χ1v) is 13.0. The first kappa shape index (κ1) is 24.7. The summed E-state index contributed by atoms with van der Waals surface area (Å²) < 4.78 is 11.8. The fourth-order valence-electron chi connectivity index (χ4n) is 4.35. The van der Waals surface area contributed by atoms with Crippen LogP contribution in [0.15, 0.2) is 41.3 Å². The van der Waals surface area contributed by atoms with Crippen LogP contribution < -0.4 is 9.47 Å². The zero-order valence-corrected chi connectivity index (χ0v) is 21.2. The van der Waals surface area contributed by atoms with Gasteiger partial charge in [0, 0.05) is 6.54 Å². The number of hydrogen-bond acceptors (Lipinski definition) is 5. The van der Waals surface area contributed by atoms with Crippen molar-refractivity contribution in [2.45, 2.75) is 52.6 Å². The number of hydrogen-bond donors (Lipinski definition) is 0. The summed E-state index contributed by atoms with van der Waals surface area (Å²) in [7, 11) is 0. The van der Waals surface area contributed by atoms with Gasteiger partial charge in [-0.1, -0.05) is 60.7 Å². The van der Waals surface area contributed by atoms with E-state index in [0.717, 1.165) is 30.2 Å². The Bertz CT molecular complexity index is 1080. The van der Waals surface area contributed by atoms with Crippen molar-refractivity contribution in [3.05, 3.63) is 63.0 Å². The van der Waals surface area contributed by atoms with E-state index in [0.29, 0.717) is 52.7 Å². The average Bonchev–Trinajstić information content (AvgIpc) is 3.08. The van der Waals surface area contributed by atoms with Crippen LogP contribution in [-0.2, 0) is 11.4 Å². The number of aryl methyl sites for hydroxylation is 1. The lowest BCUT2D eigenvalue weighted by Crippen LogP contribution is -2.34. The number of imide groups is 1. The summed E-state index contributed by atoms with van der Waals surface area (Å²) in [4.78, 5) is 27.3. The van der Waals surface area contributed by atoms with Gasteiger partial charge in [-0.15, -0.1) is 0 Å². The van der Waals surface area contributed by atoms with Crippen molar-refractivity contribution < 1.29 is 19.1 Å². The van der Waals surface area contributed by atoms with Gasteiger partial charge in [-0.2, -0.15) is 0 Å². The van der Waals surface area contributed by atoms with Crippen LogP contribution in [0.25, 0.3) is 6.08 Å². The highest BCUT2D eigenvalue weighted by atomic mass is 35.5. The third kappa shape index (κ3) is 5.97. The molecule has 0 spiro atoms. The second-order valence-corrected chi connectivity index (χ2v) is 10.2. The smallest absolute Gasteiger partial charge is 0.293 e. The highest BCUT2D eigenvalue weighted by molar-refractivity contribution is 8.18. The van der Waals surface area contributed by atoms with Crippen LogP contribution in [-0.4, -0.2) is 29.2 Å². The summed E-state index contributed by atoms with van der Waals surface area (Å²) in [6.45, 7) is 5.25. The quantitative estimate of drug-likeness (QED) is 0.358. The van der Waals surface area contributed by atoms with Crippen molar-refractivity contribution in [2.75, 3.05) is 13.2 Å². The molecule has 0 bridgehead atoms. The molecule has 180 valence electrons. The Morgan fingerprint density at radius 3 is 2.53 bits per heavy atom. The Balaban J connectivity index is 1.51. The predicted octanol–water partition coefficient (Wildman–Crippen LogP) is 7.24. The third-order valence-corrected chi connectivity index (χ3v) is 7.36.